The van der Waals surface area contributed by atoms with Crippen LogP contribution in [0.25, 0.3) is 0 Å². The maximum absolute atomic E-state index is 11.7. The second-order valence-electron chi connectivity index (χ2n) is 5.46. The van der Waals surface area contributed by atoms with Gasteiger partial charge in [-0.25, -0.2) is 4.98 Å². The molecule has 5 nitrogen and oxygen atoms in total. The summed E-state index contributed by atoms with van der Waals surface area (Å²) >= 11 is 0. The number of carbonyl (C=O) groups is 1. The topological polar surface area (TPSA) is 57.3 Å². The summed E-state index contributed by atoms with van der Waals surface area (Å²) in [4.78, 5) is 18.3. The van der Waals surface area contributed by atoms with E-state index in [1.54, 1.807) is 0 Å². The van der Waals surface area contributed by atoms with Crippen LogP contribution in [0.3, 0.4) is 0 Å². The molecule has 0 aliphatic heterocycles. The van der Waals surface area contributed by atoms with Crippen molar-refractivity contribution in [3.8, 4) is 0 Å². The van der Waals surface area contributed by atoms with Crippen molar-refractivity contribution in [1.82, 2.24) is 15.2 Å². The van der Waals surface area contributed by atoms with Gasteiger partial charge in [-0.2, -0.15) is 0 Å². The molecule has 0 bridgehead atoms. The van der Waals surface area contributed by atoms with Gasteiger partial charge in [0.1, 0.15) is 5.82 Å². The highest BCUT2D eigenvalue weighted by molar-refractivity contribution is 5.78. The minimum atomic E-state index is 0.107. The molecule has 0 saturated heterocycles. The lowest BCUT2D eigenvalue weighted by Crippen LogP contribution is -2.36. The lowest BCUT2D eigenvalue weighted by Gasteiger charge is -2.16. The maximum Gasteiger partial charge on any atom is 0.234 e. The SMILES string of the molecule is CCCNc1cccc(CN(C)CC(=O)NC2CC2)n1. The Bertz CT molecular complexity index is 445. The summed E-state index contributed by atoms with van der Waals surface area (Å²) in [6.45, 7) is 4.16. The number of pyridine rings is 1. The minimum Gasteiger partial charge on any atom is -0.370 e. The second kappa shape index (κ2) is 7.24. The third-order valence-corrected chi connectivity index (χ3v) is 3.15. The van der Waals surface area contributed by atoms with E-state index in [1.807, 2.05) is 30.1 Å². The van der Waals surface area contributed by atoms with Crippen LogP contribution in [0.5, 0.6) is 0 Å². The van der Waals surface area contributed by atoms with Gasteiger partial charge in [0.25, 0.3) is 0 Å². The molecule has 0 spiro atoms. The highest BCUT2D eigenvalue weighted by Crippen LogP contribution is 2.18. The molecule has 1 saturated carbocycles. The van der Waals surface area contributed by atoms with E-state index >= 15 is 0 Å². The minimum absolute atomic E-state index is 0.107. The summed E-state index contributed by atoms with van der Waals surface area (Å²) < 4.78 is 0. The maximum atomic E-state index is 11.7. The standard InChI is InChI=1S/C15H24N4O/c1-3-9-16-14-6-4-5-13(17-14)10-19(2)11-15(20)18-12-7-8-12/h4-6,12H,3,7-11H2,1-2H3,(H,16,17)(H,18,20). The molecule has 1 aliphatic rings. The molecule has 0 atom stereocenters. The Hall–Kier alpha value is -1.62. The summed E-state index contributed by atoms with van der Waals surface area (Å²) in [6.07, 6.45) is 3.33. The van der Waals surface area contributed by atoms with Gasteiger partial charge >= 0.3 is 0 Å². The molecule has 0 aromatic carbocycles. The monoisotopic (exact) mass is 276 g/mol. The summed E-state index contributed by atoms with van der Waals surface area (Å²) in [5.41, 5.74) is 0.979. The Morgan fingerprint density at radius 1 is 1.45 bits per heavy atom. The Balaban J connectivity index is 1.80. The summed E-state index contributed by atoms with van der Waals surface area (Å²) in [6, 6.07) is 6.39. The van der Waals surface area contributed by atoms with E-state index in [9.17, 15) is 4.79 Å². The van der Waals surface area contributed by atoms with Crippen molar-refractivity contribution in [2.24, 2.45) is 0 Å². The van der Waals surface area contributed by atoms with Crippen molar-refractivity contribution in [2.75, 3.05) is 25.5 Å². The van der Waals surface area contributed by atoms with Gasteiger partial charge in [-0.15, -0.1) is 0 Å². The molecule has 5 heteroatoms. The molecule has 1 aromatic rings. The smallest absolute Gasteiger partial charge is 0.234 e. The molecular weight excluding hydrogens is 252 g/mol. The fourth-order valence-electron chi connectivity index (χ4n) is 2.00. The number of nitrogens with zero attached hydrogens (tertiary/aromatic N) is 2. The highest BCUT2D eigenvalue weighted by atomic mass is 16.2. The van der Waals surface area contributed by atoms with Crippen molar-refractivity contribution in [3.05, 3.63) is 23.9 Å². The van der Waals surface area contributed by atoms with Crippen LogP contribution in [0, 0.1) is 0 Å². The Labute approximate surface area is 120 Å². The van der Waals surface area contributed by atoms with Gasteiger partial charge in [-0.1, -0.05) is 13.0 Å². The quantitative estimate of drug-likeness (QED) is 0.757. The van der Waals surface area contributed by atoms with Crippen molar-refractivity contribution in [1.29, 1.82) is 0 Å². The van der Waals surface area contributed by atoms with Gasteiger partial charge < -0.3 is 10.6 Å². The van der Waals surface area contributed by atoms with E-state index in [2.05, 4.69) is 22.5 Å². The van der Waals surface area contributed by atoms with Crippen LogP contribution in [0.15, 0.2) is 18.2 Å². The highest BCUT2D eigenvalue weighted by Gasteiger charge is 2.23. The molecule has 1 fully saturated rings. The van der Waals surface area contributed by atoms with Crippen LogP contribution in [-0.2, 0) is 11.3 Å². The van der Waals surface area contributed by atoms with E-state index < -0.39 is 0 Å². The number of hydrogen-bond donors (Lipinski definition) is 2. The molecule has 1 amide bonds. The van der Waals surface area contributed by atoms with Crippen LogP contribution in [0.1, 0.15) is 31.9 Å². The third kappa shape index (κ3) is 5.17. The zero-order valence-corrected chi connectivity index (χ0v) is 12.4. The summed E-state index contributed by atoms with van der Waals surface area (Å²) in [5.74, 6) is 1.01. The fraction of sp³-hybridized carbons (Fsp3) is 0.600. The van der Waals surface area contributed by atoms with Crippen LogP contribution in [-0.4, -0.2) is 42.0 Å². The number of anilines is 1. The molecule has 1 heterocycles. The Kier molecular flexibility index (Phi) is 5.35. The van der Waals surface area contributed by atoms with Gasteiger partial charge in [0.2, 0.25) is 5.91 Å². The summed E-state index contributed by atoms with van der Waals surface area (Å²) in [5, 5.41) is 6.27. The van der Waals surface area contributed by atoms with Gasteiger partial charge in [0.15, 0.2) is 0 Å². The Morgan fingerprint density at radius 2 is 2.25 bits per heavy atom. The molecule has 0 unspecified atom stereocenters. The predicted octanol–water partition coefficient (Wildman–Crippen LogP) is 1.61. The van der Waals surface area contributed by atoms with Gasteiger partial charge in [-0.05, 0) is 38.4 Å². The first kappa shape index (κ1) is 14.8. The molecule has 20 heavy (non-hydrogen) atoms. The van der Waals surface area contributed by atoms with Gasteiger partial charge in [0, 0.05) is 19.1 Å². The number of nitrogens with one attached hydrogen (secondary N) is 2. The van der Waals surface area contributed by atoms with Gasteiger partial charge in [-0.3, -0.25) is 9.69 Å². The van der Waals surface area contributed by atoms with E-state index in [-0.39, 0.29) is 5.91 Å². The number of aromatic nitrogens is 1. The number of carbonyl (C=O) groups excluding carboxylic acids is 1. The van der Waals surface area contributed by atoms with Crippen LogP contribution in [0.2, 0.25) is 0 Å². The average molecular weight is 276 g/mol. The van der Waals surface area contributed by atoms with E-state index in [0.29, 0.717) is 19.1 Å². The van der Waals surface area contributed by atoms with Crippen LogP contribution >= 0.6 is 0 Å². The molecule has 0 radical (unpaired) electrons. The first-order chi connectivity index (χ1) is 9.67. The molecule has 1 aliphatic carbocycles. The molecule has 1 aromatic heterocycles. The van der Waals surface area contributed by atoms with Crippen molar-refractivity contribution in [2.45, 2.75) is 38.8 Å². The molecular formula is C15H24N4O. The third-order valence-electron chi connectivity index (χ3n) is 3.15. The van der Waals surface area contributed by atoms with Crippen LogP contribution < -0.4 is 10.6 Å². The number of amides is 1. The largest absolute Gasteiger partial charge is 0.370 e. The van der Waals surface area contributed by atoms with E-state index in [0.717, 1.165) is 37.3 Å². The average Bonchev–Trinajstić information content (AvgIpc) is 3.20. The van der Waals surface area contributed by atoms with Crippen molar-refractivity contribution in [3.63, 3.8) is 0 Å². The van der Waals surface area contributed by atoms with E-state index in [1.165, 1.54) is 0 Å². The second-order valence-corrected chi connectivity index (χ2v) is 5.46. The predicted molar refractivity (Wildman–Crippen MR) is 80.5 cm³/mol. The van der Waals surface area contributed by atoms with Crippen LogP contribution in [0.4, 0.5) is 5.82 Å². The fourth-order valence-corrected chi connectivity index (χ4v) is 2.00. The van der Waals surface area contributed by atoms with Crippen molar-refractivity contribution >= 4 is 11.7 Å². The molecule has 2 rings (SSSR count). The van der Waals surface area contributed by atoms with E-state index in [4.69, 9.17) is 0 Å². The zero-order chi connectivity index (χ0) is 14.4. The Morgan fingerprint density at radius 3 is 2.95 bits per heavy atom. The normalized spacial score (nSPS) is 14.3. The number of hydrogen-bond acceptors (Lipinski definition) is 4. The lowest BCUT2D eigenvalue weighted by molar-refractivity contribution is -0.122. The number of likely N-dealkylation sites (N-methyl/N-ethyl adjacent to an activating group) is 1. The zero-order valence-electron chi connectivity index (χ0n) is 12.4. The first-order valence-electron chi connectivity index (χ1n) is 7.35. The van der Waals surface area contributed by atoms with Crippen molar-refractivity contribution < 1.29 is 4.79 Å². The molecule has 110 valence electrons. The number of rotatable bonds is 8. The molecule has 2 N–H and O–H groups in total. The lowest BCUT2D eigenvalue weighted by atomic mass is 10.3. The summed E-state index contributed by atoms with van der Waals surface area (Å²) in [7, 11) is 1.94. The van der Waals surface area contributed by atoms with Gasteiger partial charge in [0.05, 0.1) is 12.2 Å². The first-order valence-corrected chi connectivity index (χ1v) is 7.35.